The molecule has 0 atom stereocenters. The first-order chi connectivity index (χ1) is 8.29. The van der Waals surface area contributed by atoms with E-state index in [1.54, 1.807) is 11.8 Å². The smallest absolute Gasteiger partial charge is 0.135 e. The predicted molar refractivity (Wildman–Crippen MR) is 76.4 cm³/mol. The van der Waals surface area contributed by atoms with Crippen LogP contribution < -0.4 is 5.32 Å². The summed E-state index contributed by atoms with van der Waals surface area (Å²) in [5.41, 5.74) is 0. The summed E-state index contributed by atoms with van der Waals surface area (Å²) in [5.74, 6) is 6.79. The number of nitrogens with zero attached hydrogens (tertiary/aromatic N) is 2. The number of anilines is 1. The Balaban J connectivity index is 1.85. The van der Waals surface area contributed by atoms with Crippen LogP contribution in [0.25, 0.3) is 0 Å². The lowest BCUT2D eigenvalue weighted by atomic mass is 10.4. The van der Waals surface area contributed by atoms with E-state index in [1.165, 1.54) is 12.8 Å². The second-order valence-electron chi connectivity index (χ2n) is 3.89. The van der Waals surface area contributed by atoms with Gasteiger partial charge in [0.1, 0.15) is 16.2 Å². The van der Waals surface area contributed by atoms with Gasteiger partial charge in [0.15, 0.2) is 0 Å². The molecule has 0 amide bonds. The van der Waals surface area contributed by atoms with Crippen LogP contribution in [0.15, 0.2) is 10.7 Å². The van der Waals surface area contributed by atoms with Gasteiger partial charge >= 0.3 is 0 Å². The van der Waals surface area contributed by atoms with Crippen molar-refractivity contribution in [2.45, 2.75) is 18.8 Å². The molecule has 0 radical (unpaired) electrons. The molecule has 1 N–H and O–H groups in total. The molecule has 1 aromatic heterocycles. The van der Waals surface area contributed by atoms with Crippen molar-refractivity contribution in [2.24, 2.45) is 0 Å². The summed E-state index contributed by atoms with van der Waals surface area (Å²) in [5, 5.41) is 3.30. The number of hydrogen-bond acceptors (Lipinski definition) is 4. The SMILES string of the molecule is C#CCSCCNc1cc(Br)nc(C2CC2)n1. The summed E-state index contributed by atoms with van der Waals surface area (Å²) < 4.78 is 0.855. The van der Waals surface area contributed by atoms with Gasteiger partial charge in [-0.3, -0.25) is 0 Å². The standard InChI is InChI=1S/C12H14BrN3S/c1-2-6-17-7-5-14-11-8-10(13)15-12(16-11)9-3-4-9/h1,8-9H,3-7H2,(H,14,15,16). The van der Waals surface area contributed by atoms with Gasteiger partial charge in [0.25, 0.3) is 0 Å². The molecule has 0 aliphatic heterocycles. The van der Waals surface area contributed by atoms with Crippen molar-refractivity contribution in [1.82, 2.24) is 9.97 Å². The number of halogens is 1. The summed E-state index contributed by atoms with van der Waals surface area (Å²) in [4.78, 5) is 8.90. The largest absolute Gasteiger partial charge is 0.369 e. The average Bonchev–Trinajstić information content (AvgIpc) is 3.12. The molecule has 90 valence electrons. The van der Waals surface area contributed by atoms with Gasteiger partial charge in [-0.15, -0.1) is 18.2 Å². The summed E-state index contributed by atoms with van der Waals surface area (Å²) in [7, 11) is 0. The fraction of sp³-hybridized carbons (Fsp3) is 0.500. The van der Waals surface area contributed by atoms with Crippen LogP contribution in [0.2, 0.25) is 0 Å². The van der Waals surface area contributed by atoms with Crippen LogP contribution in [0.1, 0.15) is 24.6 Å². The highest BCUT2D eigenvalue weighted by Gasteiger charge is 2.27. The number of rotatable bonds is 6. The molecule has 0 aromatic carbocycles. The minimum atomic E-state index is 0.573. The van der Waals surface area contributed by atoms with E-state index in [2.05, 4.69) is 37.1 Å². The summed E-state index contributed by atoms with van der Waals surface area (Å²) in [6.07, 6.45) is 7.62. The first-order valence-electron chi connectivity index (χ1n) is 5.59. The van der Waals surface area contributed by atoms with Gasteiger partial charge < -0.3 is 5.32 Å². The van der Waals surface area contributed by atoms with Gasteiger partial charge in [-0.1, -0.05) is 5.92 Å². The summed E-state index contributed by atoms with van der Waals surface area (Å²) >= 11 is 5.17. The summed E-state index contributed by atoms with van der Waals surface area (Å²) in [6.45, 7) is 0.875. The van der Waals surface area contributed by atoms with Crippen molar-refractivity contribution in [3.8, 4) is 12.3 Å². The third kappa shape index (κ3) is 4.21. The van der Waals surface area contributed by atoms with Crippen LogP contribution >= 0.6 is 27.7 Å². The molecule has 17 heavy (non-hydrogen) atoms. The molecule has 1 aliphatic rings. The molecule has 0 saturated heterocycles. The van der Waals surface area contributed by atoms with E-state index >= 15 is 0 Å². The van der Waals surface area contributed by atoms with Crippen LogP contribution in [0.5, 0.6) is 0 Å². The van der Waals surface area contributed by atoms with Gasteiger partial charge in [-0.2, -0.15) is 0 Å². The quantitative estimate of drug-likeness (QED) is 0.498. The Hall–Kier alpha value is -0.730. The van der Waals surface area contributed by atoms with Gasteiger partial charge in [0, 0.05) is 24.3 Å². The van der Waals surface area contributed by atoms with Crippen molar-refractivity contribution < 1.29 is 0 Å². The van der Waals surface area contributed by atoms with E-state index in [4.69, 9.17) is 6.42 Å². The topological polar surface area (TPSA) is 37.8 Å². The van der Waals surface area contributed by atoms with Gasteiger partial charge in [-0.05, 0) is 28.8 Å². The Kier molecular flexibility index (Phi) is 4.69. The molecule has 0 spiro atoms. The Morgan fingerprint density at radius 2 is 2.35 bits per heavy atom. The normalized spacial score (nSPS) is 14.4. The Bertz CT molecular complexity index is 426. The molecule has 0 bridgehead atoms. The fourth-order valence-corrected chi connectivity index (χ4v) is 2.34. The average molecular weight is 312 g/mol. The van der Waals surface area contributed by atoms with E-state index in [0.29, 0.717) is 5.92 Å². The molecule has 5 heteroatoms. The van der Waals surface area contributed by atoms with Crippen molar-refractivity contribution >= 4 is 33.5 Å². The maximum absolute atomic E-state index is 5.18. The number of aromatic nitrogens is 2. The zero-order valence-electron chi connectivity index (χ0n) is 9.45. The van der Waals surface area contributed by atoms with Crippen molar-refractivity contribution in [3.05, 3.63) is 16.5 Å². The lowest BCUT2D eigenvalue weighted by Crippen LogP contribution is -2.07. The van der Waals surface area contributed by atoms with Gasteiger partial charge in [0.05, 0.1) is 5.75 Å². The minimum absolute atomic E-state index is 0.573. The van der Waals surface area contributed by atoms with Gasteiger partial charge in [0.2, 0.25) is 0 Å². The van der Waals surface area contributed by atoms with E-state index < -0.39 is 0 Å². The maximum Gasteiger partial charge on any atom is 0.135 e. The van der Waals surface area contributed by atoms with Crippen molar-refractivity contribution in [2.75, 3.05) is 23.4 Å². The highest BCUT2D eigenvalue weighted by Crippen LogP contribution is 2.38. The Morgan fingerprint density at radius 1 is 1.53 bits per heavy atom. The van der Waals surface area contributed by atoms with Crippen LogP contribution in [0.4, 0.5) is 5.82 Å². The molecular formula is C12H14BrN3S. The van der Waals surface area contributed by atoms with Crippen LogP contribution in [0, 0.1) is 12.3 Å². The van der Waals surface area contributed by atoms with E-state index in [9.17, 15) is 0 Å². The molecular weight excluding hydrogens is 298 g/mol. The zero-order chi connectivity index (χ0) is 12.1. The second kappa shape index (κ2) is 6.27. The Morgan fingerprint density at radius 3 is 3.06 bits per heavy atom. The molecule has 0 unspecified atom stereocenters. The summed E-state index contributed by atoms with van der Waals surface area (Å²) in [6, 6.07) is 1.91. The van der Waals surface area contributed by atoms with E-state index in [1.807, 2.05) is 6.07 Å². The van der Waals surface area contributed by atoms with Crippen molar-refractivity contribution in [1.29, 1.82) is 0 Å². The first kappa shape index (κ1) is 12.7. The fourth-order valence-electron chi connectivity index (χ4n) is 1.43. The molecule has 3 nitrogen and oxygen atoms in total. The number of hydrogen-bond donors (Lipinski definition) is 1. The maximum atomic E-state index is 5.18. The molecule has 2 rings (SSSR count). The number of thioether (sulfide) groups is 1. The molecule has 1 aromatic rings. The highest BCUT2D eigenvalue weighted by molar-refractivity contribution is 9.10. The lowest BCUT2D eigenvalue weighted by molar-refractivity contribution is 0.913. The third-order valence-electron chi connectivity index (χ3n) is 2.39. The van der Waals surface area contributed by atoms with Crippen LogP contribution in [-0.2, 0) is 0 Å². The first-order valence-corrected chi connectivity index (χ1v) is 7.54. The number of nitrogens with one attached hydrogen (secondary N) is 1. The molecule has 1 saturated carbocycles. The molecule has 1 aliphatic carbocycles. The monoisotopic (exact) mass is 311 g/mol. The lowest BCUT2D eigenvalue weighted by Gasteiger charge is -2.07. The molecule has 1 fully saturated rings. The Labute approximate surface area is 114 Å². The molecule has 1 heterocycles. The second-order valence-corrected chi connectivity index (χ2v) is 5.81. The third-order valence-corrected chi connectivity index (χ3v) is 3.66. The predicted octanol–water partition coefficient (Wildman–Crippen LogP) is 2.89. The van der Waals surface area contributed by atoms with Gasteiger partial charge in [-0.25, -0.2) is 9.97 Å². The minimum Gasteiger partial charge on any atom is -0.369 e. The number of terminal acetylenes is 1. The van der Waals surface area contributed by atoms with E-state index in [-0.39, 0.29) is 0 Å². The highest BCUT2D eigenvalue weighted by atomic mass is 79.9. The van der Waals surface area contributed by atoms with Crippen LogP contribution in [-0.4, -0.2) is 28.0 Å². The van der Waals surface area contributed by atoms with E-state index in [0.717, 1.165) is 34.3 Å². The van der Waals surface area contributed by atoms with Crippen LogP contribution in [0.3, 0.4) is 0 Å². The zero-order valence-corrected chi connectivity index (χ0v) is 11.9. The van der Waals surface area contributed by atoms with Crippen molar-refractivity contribution in [3.63, 3.8) is 0 Å².